The van der Waals surface area contributed by atoms with Gasteiger partial charge >= 0.3 is 5.69 Å². The first-order chi connectivity index (χ1) is 15.7. The molecule has 0 radical (unpaired) electrons. The van der Waals surface area contributed by atoms with Crippen LogP contribution in [-0.2, 0) is 25.3 Å². The summed E-state index contributed by atoms with van der Waals surface area (Å²) in [5.74, 6) is -1.53. The maximum absolute atomic E-state index is 13.1. The highest BCUT2D eigenvalue weighted by Gasteiger charge is 2.22. The Morgan fingerprint density at radius 3 is 2.30 bits per heavy atom. The predicted molar refractivity (Wildman–Crippen MR) is 128 cm³/mol. The van der Waals surface area contributed by atoms with Crippen LogP contribution in [0.3, 0.4) is 0 Å². The van der Waals surface area contributed by atoms with Gasteiger partial charge in [-0.3, -0.25) is 18.7 Å². The number of aliphatic imine (C=N–C) groups is 1. The molecule has 2 aromatic carbocycles. The van der Waals surface area contributed by atoms with Gasteiger partial charge in [0.15, 0.2) is 0 Å². The minimum absolute atomic E-state index is 0.0854. The van der Waals surface area contributed by atoms with E-state index >= 15 is 0 Å². The molecule has 0 atom stereocenters. The van der Waals surface area contributed by atoms with Crippen molar-refractivity contribution in [3.63, 3.8) is 0 Å². The lowest BCUT2D eigenvalue weighted by molar-refractivity contribution is -0.113. The number of halogens is 1. The molecule has 2 N–H and O–H groups in total. The van der Waals surface area contributed by atoms with Crippen LogP contribution in [0.25, 0.3) is 0 Å². The van der Waals surface area contributed by atoms with Crippen molar-refractivity contribution in [3.05, 3.63) is 86.3 Å². The van der Waals surface area contributed by atoms with E-state index < -0.39 is 28.9 Å². The third-order valence-corrected chi connectivity index (χ3v) is 5.87. The lowest BCUT2D eigenvalue weighted by atomic mass is 10.1. The number of anilines is 1. The Bertz CT molecular complexity index is 1310. The average Bonchev–Trinajstić information content (AvgIpc) is 2.82. The summed E-state index contributed by atoms with van der Waals surface area (Å²) in [4.78, 5) is 41.9. The van der Waals surface area contributed by atoms with E-state index in [9.17, 15) is 23.9 Å². The maximum Gasteiger partial charge on any atom is 0.333 e. The van der Waals surface area contributed by atoms with Gasteiger partial charge in [0.05, 0.1) is 11.4 Å². The van der Waals surface area contributed by atoms with Crippen molar-refractivity contribution in [2.75, 3.05) is 11.1 Å². The standard InChI is InChI=1S/C23H23FN4O4S/c1-4-14-5-9-17(10-6-14)26-20(19-21(30)27(2)23(32)28(3)22(19)31)33-13-18(29)25-16-11-7-15(24)8-12-16/h5-12,30H,4,13H2,1-3H3,(H,25,29). The lowest BCUT2D eigenvalue weighted by Crippen LogP contribution is -2.39. The summed E-state index contributed by atoms with van der Waals surface area (Å²) in [6.07, 6.45) is 0.845. The fourth-order valence-electron chi connectivity index (χ4n) is 2.97. The molecule has 0 unspecified atom stereocenters. The van der Waals surface area contributed by atoms with E-state index in [1.54, 1.807) is 12.1 Å². The van der Waals surface area contributed by atoms with Crippen molar-refractivity contribution in [1.82, 2.24) is 9.13 Å². The van der Waals surface area contributed by atoms with Crippen molar-refractivity contribution < 1.29 is 14.3 Å². The molecule has 1 aromatic heterocycles. The second kappa shape index (κ2) is 10.3. The molecule has 0 spiro atoms. The Morgan fingerprint density at radius 1 is 1.06 bits per heavy atom. The van der Waals surface area contributed by atoms with Gasteiger partial charge < -0.3 is 10.4 Å². The molecule has 8 nitrogen and oxygen atoms in total. The maximum atomic E-state index is 13.1. The SMILES string of the molecule is CCc1ccc(N=C(SCC(=O)Nc2ccc(F)cc2)c2c(O)n(C)c(=O)n(C)c2=O)cc1. The van der Waals surface area contributed by atoms with Crippen LogP contribution in [0.2, 0.25) is 0 Å². The fraction of sp³-hybridized carbons (Fsp3) is 0.217. The molecule has 1 heterocycles. The summed E-state index contributed by atoms with van der Waals surface area (Å²) in [5.41, 5.74) is 0.430. The van der Waals surface area contributed by atoms with Crippen molar-refractivity contribution in [2.24, 2.45) is 19.1 Å². The van der Waals surface area contributed by atoms with Crippen molar-refractivity contribution in [2.45, 2.75) is 13.3 Å². The van der Waals surface area contributed by atoms with Crippen LogP contribution in [0.15, 0.2) is 63.1 Å². The quantitative estimate of drug-likeness (QED) is 0.426. The number of hydrogen-bond donors (Lipinski definition) is 2. The Balaban J connectivity index is 1.97. The summed E-state index contributed by atoms with van der Waals surface area (Å²) in [5, 5.41) is 13.3. The van der Waals surface area contributed by atoms with E-state index in [1.165, 1.54) is 38.4 Å². The average molecular weight is 471 g/mol. The van der Waals surface area contributed by atoms with Crippen LogP contribution >= 0.6 is 11.8 Å². The first-order valence-electron chi connectivity index (χ1n) is 10.1. The topological polar surface area (TPSA) is 106 Å². The Hall–Kier alpha value is -3.66. The summed E-state index contributed by atoms with van der Waals surface area (Å²) < 4.78 is 14.9. The fourth-order valence-corrected chi connectivity index (χ4v) is 3.80. The van der Waals surface area contributed by atoms with Crippen LogP contribution in [0, 0.1) is 5.82 Å². The Morgan fingerprint density at radius 2 is 1.70 bits per heavy atom. The summed E-state index contributed by atoms with van der Waals surface area (Å²) >= 11 is 0.937. The van der Waals surface area contributed by atoms with Crippen LogP contribution in [0.4, 0.5) is 15.8 Å². The normalized spacial score (nSPS) is 11.5. The number of nitrogens with zero attached hydrogens (tertiary/aromatic N) is 3. The second-order valence-electron chi connectivity index (χ2n) is 7.19. The number of hydrogen-bond acceptors (Lipinski definition) is 6. The molecule has 172 valence electrons. The highest BCUT2D eigenvalue weighted by molar-refractivity contribution is 8.15. The highest BCUT2D eigenvalue weighted by Crippen LogP contribution is 2.24. The zero-order valence-electron chi connectivity index (χ0n) is 18.3. The van der Waals surface area contributed by atoms with Crippen LogP contribution in [0.1, 0.15) is 18.1 Å². The first-order valence-corrected chi connectivity index (χ1v) is 11.0. The molecule has 0 aliphatic carbocycles. The molecular weight excluding hydrogens is 447 g/mol. The van der Waals surface area contributed by atoms with E-state index in [1.807, 2.05) is 19.1 Å². The lowest BCUT2D eigenvalue weighted by Gasteiger charge is -2.12. The Kier molecular flexibility index (Phi) is 7.49. The predicted octanol–water partition coefficient (Wildman–Crippen LogP) is 2.94. The van der Waals surface area contributed by atoms with E-state index in [4.69, 9.17) is 0 Å². The highest BCUT2D eigenvalue weighted by atomic mass is 32.2. The molecule has 0 saturated heterocycles. The molecule has 10 heteroatoms. The third-order valence-electron chi connectivity index (χ3n) is 4.89. The molecule has 1 amide bonds. The molecule has 3 aromatic rings. The largest absolute Gasteiger partial charge is 0.494 e. The van der Waals surface area contributed by atoms with Gasteiger partial charge in [-0.05, 0) is 48.4 Å². The molecule has 33 heavy (non-hydrogen) atoms. The number of carbonyl (C=O) groups excluding carboxylic acids is 1. The van der Waals surface area contributed by atoms with Gasteiger partial charge in [-0.1, -0.05) is 30.8 Å². The summed E-state index contributed by atoms with van der Waals surface area (Å²) in [6, 6.07) is 12.6. The zero-order chi connectivity index (χ0) is 24.1. The van der Waals surface area contributed by atoms with Crippen LogP contribution in [-0.4, -0.2) is 30.9 Å². The van der Waals surface area contributed by atoms with Gasteiger partial charge in [-0.2, -0.15) is 0 Å². The minimum atomic E-state index is -0.731. The minimum Gasteiger partial charge on any atom is -0.494 e. The number of thioether (sulfide) groups is 1. The number of amides is 1. The number of aromatic nitrogens is 2. The Labute approximate surface area is 193 Å². The van der Waals surface area contributed by atoms with Crippen LogP contribution < -0.4 is 16.6 Å². The molecule has 0 bridgehead atoms. The van der Waals surface area contributed by atoms with Gasteiger partial charge in [0.2, 0.25) is 11.8 Å². The second-order valence-corrected chi connectivity index (χ2v) is 8.15. The summed E-state index contributed by atoms with van der Waals surface area (Å²) in [6.45, 7) is 2.02. The summed E-state index contributed by atoms with van der Waals surface area (Å²) in [7, 11) is 2.63. The van der Waals surface area contributed by atoms with Crippen molar-refractivity contribution >= 4 is 34.1 Å². The van der Waals surface area contributed by atoms with Gasteiger partial charge in [0.25, 0.3) is 5.56 Å². The van der Waals surface area contributed by atoms with Gasteiger partial charge in [0, 0.05) is 19.8 Å². The van der Waals surface area contributed by atoms with Gasteiger partial charge in [-0.25, -0.2) is 14.2 Å². The van der Waals surface area contributed by atoms with E-state index in [0.717, 1.165) is 32.9 Å². The first kappa shape index (κ1) is 24.0. The number of carbonyl (C=O) groups is 1. The monoisotopic (exact) mass is 470 g/mol. The van der Waals surface area contributed by atoms with Gasteiger partial charge in [0.1, 0.15) is 16.4 Å². The third kappa shape index (κ3) is 5.58. The molecule has 0 aliphatic heterocycles. The molecule has 3 rings (SSSR count). The zero-order valence-corrected chi connectivity index (χ0v) is 19.1. The number of benzene rings is 2. The number of aryl methyl sites for hydroxylation is 1. The number of nitrogens with one attached hydrogen (secondary N) is 1. The smallest absolute Gasteiger partial charge is 0.333 e. The van der Waals surface area contributed by atoms with Gasteiger partial charge in [-0.15, -0.1) is 0 Å². The molecular formula is C23H23FN4O4S. The number of rotatable bonds is 6. The van der Waals surface area contributed by atoms with Crippen molar-refractivity contribution in [3.8, 4) is 5.88 Å². The van der Waals surface area contributed by atoms with Crippen LogP contribution in [0.5, 0.6) is 5.88 Å². The van der Waals surface area contributed by atoms with E-state index in [-0.39, 0.29) is 16.4 Å². The molecule has 0 aliphatic rings. The van der Waals surface area contributed by atoms with Crippen molar-refractivity contribution in [1.29, 1.82) is 0 Å². The molecule has 0 fully saturated rings. The molecule has 0 saturated carbocycles. The van der Waals surface area contributed by atoms with E-state index in [0.29, 0.717) is 11.4 Å². The van der Waals surface area contributed by atoms with E-state index in [2.05, 4.69) is 10.3 Å². The number of aromatic hydroxyl groups is 1.